The van der Waals surface area contributed by atoms with Gasteiger partial charge in [0.15, 0.2) is 0 Å². The van der Waals surface area contributed by atoms with E-state index in [1.54, 1.807) is 0 Å². The van der Waals surface area contributed by atoms with Gasteiger partial charge in [0.1, 0.15) is 23.0 Å². The molecule has 7 rings (SSSR count). The highest BCUT2D eigenvalue weighted by atomic mass is 16.5. The van der Waals surface area contributed by atoms with Crippen LogP contribution in [0.3, 0.4) is 0 Å². The van der Waals surface area contributed by atoms with Crippen molar-refractivity contribution in [2.75, 3.05) is 4.90 Å². The SMILES string of the molecule is c1ccc(Oc2cc(Oc3ccccc3)cc(-c3ccc(N(c4ccccc4)c4ccccc4)c4ccccc34)c2)cc1. The first kappa shape index (κ1) is 26.1. The van der Waals surface area contributed by atoms with Crippen molar-refractivity contribution < 1.29 is 9.47 Å². The molecule has 0 radical (unpaired) electrons. The zero-order chi connectivity index (χ0) is 28.8. The Hall–Kier alpha value is -5.80. The monoisotopic (exact) mass is 555 g/mol. The molecule has 0 unspecified atom stereocenters. The van der Waals surface area contributed by atoms with E-state index in [0.717, 1.165) is 50.5 Å². The predicted octanol–water partition coefficient (Wildman–Crippen LogP) is 11.6. The number of ether oxygens (including phenoxy) is 2. The third-order valence-corrected chi connectivity index (χ3v) is 7.32. The van der Waals surface area contributed by atoms with Crippen LogP contribution in [-0.4, -0.2) is 0 Å². The van der Waals surface area contributed by atoms with E-state index in [1.165, 1.54) is 0 Å². The Morgan fingerprint density at radius 2 is 0.791 bits per heavy atom. The van der Waals surface area contributed by atoms with Crippen LogP contribution in [0.5, 0.6) is 23.0 Å². The highest BCUT2D eigenvalue weighted by molar-refractivity contribution is 6.06. The van der Waals surface area contributed by atoms with Gasteiger partial charge in [0.05, 0.1) is 5.69 Å². The van der Waals surface area contributed by atoms with Crippen LogP contribution < -0.4 is 14.4 Å². The first-order chi connectivity index (χ1) is 21.3. The minimum Gasteiger partial charge on any atom is -0.457 e. The van der Waals surface area contributed by atoms with E-state index in [-0.39, 0.29) is 0 Å². The van der Waals surface area contributed by atoms with E-state index in [0.29, 0.717) is 11.5 Å². The number of para-hydroxylation sites is 4. The van der Waals surface area contributed by atoms with Crippen molar-refractivity contribution in [2.24, 2.45) is 0 Å². The first-order valence-corrected chi connectivity index (χ1v) is 14.4. The summed E-state index contributed by atoms with van der Waals surface area (Å²) in [5.41, 5.74) is 5.41. The molecule has 0 atom stereocenters. The summed E-state index contributed by atoms with van der Waals surface area (Å²) in [6.45, 7) is 0. The van der Waals surface area contributed by atoms with Gasteiger partial charge in [0, 0.05) is 22.8 Å². The lowest BCUT2D eigenvalue weighted by molar-refractivity contribution is 0.461. The molecule has 0 bridgehead atoms. The van der Waals surface area contributed by atoms with Crippen molar-refractivity contribution >= 4 is 27.8 Å². The average Bonchev–Trinajstić information content (AvgIpc) is 3.07. The molecule has 0 amide bonds. The van der Waals surface area contributed by atoms with Crippen LogP contribution in [0.1, 0.15) is 0 Å². The van der Waals surface area contributed by atoms with Crippen LogP contribution >= 0.6 is 0 Å². The lowest BCUT2D eigenvalue weighted by Crippen LogP contribution is -2.10. The van der Waals surface area contributed by atoms with E-state index in [4.69, 9.17) is 9.47 Å². The molecule has 0 fully saturated rings. The number of nitrogens with zero attached hydrogens (tertiary/aromatic N) is 1. The largest absolute Gasteiger partial charge is 0.457 e. The molecule has 0 aliphatic heterocycles. The quantitative estimate of drug-likeness (QED) is 0.186. The molecule has 43 heavy (non-hydrogen) atoms. The summed E-state index contributed by atoms with van der Waals surface area (Å²) < 4.78 is 12.6. The van der Waals surface area contributed by atoms with Gasteiger partial charge in [0.25, 0.3) is 0 Å². The Morgan fingerprint density at radius 3 is 1.30 bits per heavy atom. The third kappa shape index (κ3) is 5.70. The van der Waals surface area contributed by atoms with E-state index in [2.05, 4.69) is 102 Å². The molecule has 0 aromatic heterocycles. The van der Waals surface area contributed by atoms with Crippen LogP contribution in [0.2, 0.25) is 0 Å². The van der Waals surface area contributed by atoms with Crippen molar-refractivity contribution in [1.29, 1.82) is 0 Å². The molecule has 0 spiro atoms. The van der Waals surface area contributed by atoms with Gasteiger partial charge in [-0.15, -0.1) is 0 Å². The molecular weight excluding hydrogens is 526 g/mol. The number of anilines is 3. The summed E-state index contributed by atoms with van der Waals surface area (Å²) >= 11 is 0. The molecule has 0 aliphatic carbocycles. The molecule has 0 heterocycles. The molecular formula is C40H29NO2. The maximum Gasteiger partial charge on any atom is 0.131 e. The Kier molecular flexibility index (Phi) is 7.27. The molecule has 3 heteroatoms. The maximum atomic E-state index is 6.32. The van der Waals surface area contributed by atoms with Gasteiger partial charge in [-0.25, -0.2) is 0 Å². The van der Waals surface area contributed by atoms with Gasteiger partial charge in [-0.05, 0) is 83.2 Å². The Bertz CT molecular complexity index is 1860. The fraction of sp³-hybridized carbons (Fsp3) is 0. The summed E-state index contributed by atoms with van der Waals surface area (Å²) in [4.78, 5) is 2.31. The van der Waals surface area contributed by atoms with Crippen LogP contribution in [0, 0.1) is 0 Å². The molecule has 7 aromatic rings. The second-order valence-electron chi connectivity index (χ2n) is 10.2. The minimum atomic E-state index is 0.706. The van der Waals surface area contributed by atoms with Gasteiger partial charge in [-0.3, -0.25) is 0 Å². The zero-order valence-corrected chi connectivity index (χ0v) is 23.5. The summed E-state index contributed by atoms with van der Waals surface area (Å²) in [6, 6.07) is 59.7. The highest BCUT2D eigenvalue weighted by Crippen LogP contribution is 2.43. The smallest absolute Gasteiger partial charge is 0.131 e. The average molecular weight is 556 g/mol. The Morgan fingerprint density at radius 1 is 0.349 bits per heavy atom. The first-order valence-electron chi connectivity index (χ1n) is 14.4. The number of benzene rings is 7. The van der Waals surface area contributed by atoms with Crippen LogP contribution in [0.4, 0.5) is 17.1 Å². The number of rotatable bonds is 8. The van der Waals surface area contributed by atoms with Crippen molar-refractivity contribution in [2.45, 2.75) is 0 Å². The van der Waals surface area contributed by atoms with E-state index in [1.807, 2.05) is 78.9 Å². The topological polar surface area (TPSA) is 21.7 Å². The number of hydrogen-bond acceptors (Lipinski definition) is 3. The van der Waals surface area contributed by atoms with Crippen molar-refractivity contribution in [3.63, 3.8) is 0 Å². The second-order valence-corrected chi connectivity index (χ2v) is 10.2. The molecule has 0 saturated carbocycles. The van der Waals surface area contributed by atoms with E-state index >= 15 is 0 Å². The zero-order valence-electron chi connectivity index (χ0n) is 23.5. The van der Waals surface area contributed by atoms with Crippen LogP contribution in [-0.2, 0) is 0 Å². The van der Waals surface area contributed by atoms with E-state index < -0.39 is 0 Å². The fourth-order valence-corrected chi connectivity index (χ4v) is 5.41. The summed E-state index contributed by atoms with van der Waals surface area (Å²) in [7, 11) is 0. The second kappa shape index (κ2) is 12.0. The minimum absolute atomic E-state index is 0.706. The molecule has 0 N–H and O–H groups in total. The Labute approximate surface area is 251 Å². The molecule has 0 saturated heterocycles. The molecule has 206 valence electrons. The van der Waals surface area contributed by atoms with Crippen molar-refractivity contribution in [3.05, 3.63) is 176 Å². The Balaban J connectivity index is 1.38. The molecule has 0 aliphatic rings. The normalized spacial score (nSPS) is 10.8. The van der Waals surface area contributed by atoms with Crippen molar-refractivity contribution in [1.82, 2.24) is 0 Å². The summed E-state index contributed by atoms with van der Waals surface area (Å²) in [5.74, 6) is 2.95. The lowest BCUT2D eigenvalue weighted by atomic mass is 9.96. The number of hydrogen-bond donors (Lipinski definition) is 0. The highest BCUT2D eigenvalue weighted by Gasteiger charge is 2.18. The van der Waals surface area contributed by atoms with Crippen molar-refractivity contribution in [3.8, 4) is 34.1 Å². The van der Waals surface area contributed by atoms with Crippen LogP contribution in [0.15, 0.2) is 176 Å². The van der Waals surface area contributed by atoms with Gasteiger partial charge in [0.2, 0.25) is 0 Å². The number of fused-ring (bicyclic) bond motifs is 1. The summed E-state index contributed by atoms with van der Waals surface area (Å²) in [6.07, 6.45) is 0. The predicted molar refractivity (Wildman–Crippen MR) is 177 cm³/mol. The standard InChI is InChI=1S/C40H29NO2/c1-5-15-31(16-6-1)41(32-17-7-2-8-18-32)40-26-25-37(38-23-13-14-24-39(38)40)30-27-35(42-33-19-9-3-10-20-33)29-36(28-30)43-34-21-11-4-12-22-34/h1-29H. The molecule has 7 aromatic carbocycles. The fourth-order valence-electron chi connectivity index (χ4n) is 5.41. The van der Waals surface area contributed by atoms with Gasteiger partial charge in [-0.1, -0.05) is 103 Å². The van der Waals surface area contributed by atoms with E-state index in [9.17, 15) is 0 Å². The lowest BCUT2D eigenvalue weighted by Gasteiger charge is -2.27. The van der Waals surface area contributed by atoms with Gasteiger partial charge >= 0.3 is 0 Å². The van der Waals surface area contributed by atoms with Gasteiger partial charge in [-0.2, -0.15) is 0 Å². The maximum absolute atomic E-state index is 6.32. The summed E-state index contributed by atoms with van der Waals surface area (Å²) in [5, 5.41) is 2.28. The van der Waals surface area contributed by atoms with Crippen LogP contribution in [0.25, 0.3) is 21.9 Å². The molecule has 3 nitrogen and oxygen atoms in total. The third-order valence-electron chi connectivity index (χ3n) is 7.32. The van der Waals surface area contributed by atoms with Gasteiger partial charge < -0.3 is 14.4 Å².